The van der Waals surface area contributed by atoms with Crippen molar-refractivity contribution in [1.29, 1.82) is 0 Å². The van der Waals surface area contributed by atoms with E-state index >= 15 is 0 Å². The standard InChI is InChI=1S/C24H24F3N3O3/c1-16-22(28-33-23(16)18-3-7-19(8-4-18)24(25,26)27)17-5-9-20(10-6-17)32-15-21(31)30-13-11-29(2)12-14-30/h3-10H,11-15H2,1-2H3. The quantitative estimate of drug-likeness (QED) is 0.563. The van der Waals surface area contributed by atoms with E-state index in [1.807, 2.05) is 7.05 Å². The molecule has 33 heavy (non-hydrogen) atoms. The highest BCUT2D eigenvalue weighted by molar-refractivity contribution is 5.78. The summed E-state index contributed by atoms with van der Waals surface area (Å²) in [6, 6.07) is 11.9. The SMILES string of the molecule is Cc1c(-c2ccc(OCC(=O)N3CCN(C)CC3)cc2)noc1-c1ccc(C(F)(F)F)cc1. The number of ether oxygens (including phenoxy) is 1. The fourth-order valence-electron chi connectivity index (χ4n) is 3.69. The minimum Gasteiger partial charge on any atom is -0.484 e. The van der Waals surface area contributed by atoms with E-state index in [0.717, 1.165) is 30.8 Å². The van der Waals surface area contributed by atoms with Crippen molar-refractivity contribution in [3.05, 3.63) is 59.7 Å². The first-order valence-corrected chi connectivity index (χ1v) is 10.6. The Kier molecular flexibility index (Phi) is 6.42. The number of nitrogens with zero attached hydrogens (tertiary/aromatic N) is 3. The lowest BCUT2D eigenvalue weighted by atomic mass is 10.0. The van der Waals surface area contributed by atoms with E-state index in [0.29, 0.717) is 41.4 Å². The molecule has 1 aromatic heterocycles. The van der Waals surface area contributed by atoms with Gasteiger partial charge in [-0.25, -0.2) is 0 Å². The highest BCUT2D eigenvalue weighted by Crippen LogP contribution is 2.34. The van der Waals surface area contributed by atoms with Crippen molar-refractivity contribution in [2.75, 3.05) is 39.8 Å². The van der Waals surface area contributed by atoms with Gasteiger partial charge in [-0.3, -0.25) is 4.79 Å². The van der Waals surface area contributed by atoms with Crippen LogP contribution in [0.15, 0.2) is 53.1 Å². The molecule has 2 heterocycles. The topological polar surface area (TPSA) is 58.8 Å². The zero-order valence-electron chi connectivity index (χ0n) is 18.4. The van der Waals surface area contributed by atoms with Crippen molar-refractivity contribution in [2.24, 2.45) is 0 Å². The zero-order valence-corrected chi connectivity index (χ0v) is 18.4. The fourth-order valence-corrected chi connectivity index (χ4v) is 3.69. The predicted octanol–water partition coefficient (Wildman–Crippen LogP) is 4.49. The van der Waals surface area contributed by atoms with E-state index in [1.165, 1.54) is 12.1 Å². The van der Waals surface area contributed by atoms with Gasteiger partial charge in [0.2, 0.25) is 0 Å². The summed E-state index contributed by atoms with van der Waals surface area (Å²) < 4.78 is 49.5. The van der Waals surface area contributed by atoms with Gasteiger partial charge < -0.3 is 19.1 Å². The van der Waals surface area contributed by atoms with Crippen molar-refractivity contribution in [3.8, 4) is 28.3 Å². The molecule has 6 nitrogen and oxygen atoms in total. The molecule has 0 atom stereocenters. The molecule has 3 aromatic rings. The van der Waals surface area contributed by atoms with Crippen molar-refractivity contribution in [3.63, 3.8) is 0 Å². The Labute approximate surface area is 189 Å². The lowest BCUT2D eigenvalue weighted by Gasteiger charge is -2.32. The second-order valence-electron chi connectivity index (χ2n) is 8.06. The van der Waals surface area contributed by atoms with E-state index in [2.05, 4.69) is 10.1 Å². The van der Waals surface area contributed by atoms with Crippen LogP contribution in [0.1, 0.15) is 11.1 Å². The Morgan fingerprint density at radius 2 is 1.61 bits per heavy atom. The van der Waals surface area contributed by atoms with Crippen LogP contribution in [0.5, 0.6) is 5.75 Å². The van der Waals surface area contributed by atoms with Crippen molar-refractivity contribution < 1.29 is 27.2 Å². The lowest BCUT2D eigenvalue weighted by molar-refractivity contribution is -0.137. The molecule has 1 saturated heterocycles. The second-order valence-corrected chi connectivity index (χ2v) is 8.06. The molecule has 9 heteroatoms. The molecule has 1 fully saturated rings. The number of hydrogen-bond acceptors (Lipinski definition) is 5. The molecule has 0 aliphatic carbocycles. The third kappa shape index (κ3) is 5.19. The van der Waals surface area contributed by atoms with E-state index in [4.69, 9.17) is 9.26 Å². The van der Waals surface area contributed by atoms with Crippen molar-refractivity contribution in [2.45, 2.75) is 13.1 Å². The first kappa shape index (κ1) is 22.8. The van der Waals surface area contributed by atoms with Gasteiger partial charge in [0, 0.05) is 42.9 Å². The molecule has 0 N–H and O–H groups in total. The van der Waals surface area contributed by atoms with Gasteiger partial charge in [-0.05, 0) is 50.4 Å². The smallest absolute Gasteiger partial charge is 0.416 e. The summed E-state index contributed by atoms with van der Waals surface area (Å²) in [5, 5.41) is 4.10. The Hall–Kier alpha value is -3.33. The van der Waals surface area contributed by atoms with Gasteiger partial charge in [-0.1, -0.05) is 17.3 Å². The van der Waals surface area contributed by atoms with E-state index in [1.54, 1.807) is 36.1 Å². The van der Waals surface area contributed by atoms with Crippen molar-refractivity contribution >= 4 is 5.91 Å². The number of halogens is 3. The first-order chi connectivity index (χ1) is 15.7. The second kappa shape index (κ2) is 9.27. The van der Waals surface area contributed by atoms with Gasteiger partial charge in [0.05, 0.1) is 5.56 Å². The van der Waals surface area contributed by atoms with Crippen LogP contribution in [0.4, 0.5) is 13.2 Å². The maximum Gasteiger partial charge on any atom is 0.416 e. The van der Waals surface area contributed by atoms with Crippen LogP contribution < -0.4 is 4.74 Å². The average molecular weight is 459 g/mol. The van der Waals surface area contributed by atoms with Crippen LogP contribution in [-0.2, 0) is 11.0 Å². The maximum atomic E-state index is 12.8. The van der Waals surface area contributed by atoms with E-state index in [-0.39, 0.29) is 12.5 Å². The van der Waals surface area contributed by atoms with Gasteiger partial charge in [0.1, 0.15) is 11.4 Å². The average Bonchev–Trinajstić information content (AvgIpc) is 3.19. The Bertz CT molecular complexity index is 1100. The largest absolute Gasteiger partial charge is 0.484 e. The van der Waals surface area contributed by atoms with Gasteiger partial charge in [0.15, 0.2) is 12.4 Å². The molecule has 0 saturated carbocycles. The zero-order chi connectivity index (χ0) is 23.6. The first-order valence-electron chi connectivity index (χ1n) is 10.6. The minimum absolute atomic E-state index is 0.0237. The molecule has 1 aliphatic heterocycles. The number of benzene rings is 2. The summed E-state index contributed by atoms with van der Waals surface area (Å²) in [6.45, 7) is 4.88. The molecular weight excluding hydrogens is 435 g/mol. The molecule has 4 rings (SSSR count). The van der Waals surface area contributed by atoms with Crippen LogP contribution in [0.25, 0.3) is 22.6 Å². The Balaban J connectivity index is 1.41. The third-order valence-corrected chi connectivity index (χ3v) is 5.74. The number of carbonyl (C=O) groups is 1. The summed E-state index contributed by atoms with van der Waals surface area (Å²) in [5.41, 5.74) is 1.87. The summed E-state index contributed by atoms with van der Waals surface area (Å²) in [4.78, 5) is 16.3. The molecule has 2 aromatic carbocycles. The predicted molar refractivity (Wildman–Crippen MR) is 117 cm³/mol. The van der Waals surface area contributed by atoms with Gasteiger partial charge in [-0.15, -0.1) is 0 Å². The van der Waals surface area contributed by atoms with Crippen LogP contribution in [0.2, 0.25) is 0 Å². The van der Waals surface area contributed by atoms with E-state index in [9.17, 15) is 18.0 Å². The van der Waals surface area contributed by atoms with Crippen molar-refractivity contribution in [1.82, 2.24) is 15.0 Å². The summed E-state index contributed by atoms with van der Waals surface area (Å²) in [7, 11) is 2.03. The van der Waals surface area contributed by atoms with E-state index < -0.39 is 11.7 Å². The highest BCUT2D eigenvalue weighted by Gasteiger charge is 2.30. The lowest BCUT2D eigenvalue weighted by Crippen LogP contribution is -2.48. The fraction of sp³-hybridized carbons (Fsp3) is 0.333. The molecule has 0 unspecified atom stereocenters. The molecule has 0 spiro atoms. The summed E-state index contributed by atoms with van der Waals surface area (Å²) >= 11 is 0. The number of alkyl halides is 3. The summed E-state index contributed by atoms with van der Waals surface area (Å²) in [5.74, 6) is 0.933. The maximum absolute atomic E-state index is 12.8. The summed E-state index contributed by atoms with van der Waals surface area (Å²) in [6.07, 6.45) is -4.39. The molecular formula is C24H24F3N3O3. The van der Waals surface area contributed by atoms with Gasteiger partial charge >= 0.3 is 6.18 Å². The molecule has 0 radical (unpaired) electrons. The van der Waals surface area contributed by atoms with Crippen LogP contribution in [0.3, 0.4) is 0 Å². The number of carbonyl (C=O) groups excluding carboxylic acids is 1. The molecule has 1 amide bonds. The Morgan fingerprint density at radius 1 is 1.00 bits per heavy atom. The number of rotatable bonds is 5. The van der Waals surface area contributed by atoms with Gasteiger partial charge in [-0.2, -0.15) is 13.2 Å². The number of aromatic nitrogens is 1. The number of piperazine rings is 1. The van der Waals surface area contributed by atoms with Crippen LogP contribution >= 0.6 is 0 Å². The molecule has 1 aliphatic rings. The monoisotopic (exact) mass is 459 g/mol. The Morgan fingerprint density at radius 3 is 2.21 bits per heavy atom. The number of likely N-dealkylation sites (N-methyl/N-ethyl adjacent to an activating group) is 1. The molecule has 0 bridgehead atoms. The normalized spacial score (nSPS) is 15.0. The van der Waals surface area contributed by atoms with Gasteiger partial charge in [0.25, 0.3) is 5.91 Å². The number of amides is 1. The number of hydrogen-bond donors (Lipinski definition) is 0. The van der Waals surface area contributed by atoms with Crippen LogP contribution in [-0.4, -0.2) is 60.7 Å². The minimum atomic E-state index is -4.39. The molecule has 174 valence electrons. The highest BCUT2D eigenvalue weighted by atomic mass is 19.4. The third-order valence-electron chi connectivity index (χ3n) is 5.74. The van der Waals surface area contributed by atoms with Crippen LogP contribution in [0, 0.1) is 6.92 Å².